The number of carboxylic acids is 1. The Kier molecular flexibility index (Phi) is 3.53. The summed E-state index contributed by atoms with van der Waals surface area (Å²) >= 11 is 1.63. The van der Waals surface area contributed by atoms with E-state index in [0.717, 1.165) is 16.7 Å². The maximum atomic E-state index is 11.5. The predicted octanol–water partition coefficient (Wildman–Crippen LogP) is 3.99. The molecule has 5 heteroatoms. The average molecular weight is 308 g/mol. The molecule has 2 aromatic heterocycles. The third kappa shape index (κ3) is 2.30. The van der Waals surface area contributed by atoms with Gasteiger partial charge in [-0.15, -0.1) is 0 Å². The lowest BCUT2D eigenvalue weighted by molar-refractivity contribution is 0.0687. The summed E-state index contributed by atoms with van der Waals surface area (Å²) in [4.78, 5) is 11.5. The largest absolute Gasteiger partial charge is 0.477 e. The van der Waals surface area contributed by atoms with Crippen LogP contribution in [-0.4, -0.2) is 15.6 Å². The third-order valence-electron chi connectivity index (χ3n) is 3.53. The molecule has 3 aromatic rings. The number of nitriles is 1. The topological polar surface area (TPSA) is 66.0 Å². The first kappa shape index (κ1) is 14.1. The SMILES string of the molecule is Cn1cc(C#N)c(-c2ccc(-c3ccsc3)cc2)c1C(=O)O. The van der Waals surface area contributed by atoms with Crippen LogP contribution in [0.4, 0.5) is 0 Å². The van der Waals surface area contributed by atoms with E-state index in [2.05, 4.69) is 11.4 Å². The molecule has 22 heavy (non-hydrogen) atoms. The van der Waals surface area contributed by atoms with Crippen LogP contribution in [0.3, 0.4) is 0 Å². The van der Waals surface area contributed by atoms with Crippen molar-refractivity contribution in [2.75, 3.05) is 0 Å². The molecule has 4 nitrogen and oxygen atoms in total. The number of carboxylic acid groups (broad SMARTS) is 1. The minimum atomic E-state index is -1.04. The number of hydrogen-bond acceptors (Lipinski definition) is 3. The molecule has 0 bridgehead atoms. The van der Waals surface area contributed by atoms with E-state index in [9.17, 15) is 15.2 Å². The van der Waals surface area contributed by atoms with Gasteiger partial charge in [0.1, 0.15) is 11.8 Å². The molecule has 1 N–H and O–H groups in total. The molecule has 0 unspecified atom stereocenters. The highest BCUT2D eigenvalue weighted by Crippen LogP contribution is 2.31. The number of nitrogens with zero attached hydrogens (tertiary/aromatic N) is 2. The van der Waals surface area contributed by atoms with Crippen LogP contribution in [0.1, 0.15) is 16.1 Å². The van der Waals surface area contributed by atoms with Gasteiger partial charge < -0.3 is 9.67 Å². The molecule has 1 aromatic carbocycles. The fourth-order valence-electron chi connectivity index (χ4n) is 2.52. The van der Waals surface area contributed by atoms with E-state index in [0.29, 0.717) is 11.1 Å². The monoisotopic (exact) mass is 308 g/mol. The van der Waals surface area contributed by atoms with E-state index < -0.39 is 5.97 Å². The summed E-state index contributed by atoms with van der Waals surface area (Å²) in [6.45, 7) is 0. The van der Waals surface area contributed by atoms with Crippen LogP contribution < -0.4 is 0 Å². The number of rotatable bonds is 3. The van der Waals surface area contributed by atoms with Gasteiger partial charge in [0.15, 0.2) is 0 Å². The first-order valence-corrected chi connectivity index (χ1v) is 7.52. The molecular weight excluding hydrogens is 296 g/mol. The van der Waals surface area contributed by atoms with Gasteiger partial charge >= 0.3 is 5.97 Å². The van der Waals surface area contributed by atoms with E-state index in [4.69, 9.17) is 0 Å². The second-order valence-corrected chi connectivity index (χ2v) is 5.66. The van der Waals surface area contributed by atoms with Crippen LogP contribution >= 0.6 is 11.3 Å². The maximum absolute atomic E-state index is 11.5. The van der Waals surface area contributed by atoms with E-state index in [1.165, 1.54) is 4.57 Å². The molecule has 0 fully saturated rings. The van der Waals surface area contributed by atoms with Crippen LogP contribution in [0.25, 0.3) is 22.3 Å². The Bertz CT molecular complexity index is 869. The van der Waals surface area contributed by atoms with Gasteiger partial charge in [0, 0.05) is 18.8 Å². The Hall–Kier alpha value is -2.84. The number of benzene rings is 1. The summed E-state index contributed by atoms with van der Waals surface area (Å²) in [5, 5.41) is 22.7. The molecule has 108 valence electrons. The molecule has 2 heterocycles. The van der Waals surface area contributed by atoms with Crippen molar-refractivity contribution < 1.29 is 9.90 Å². The van der Waals surface area contributed by atoms with Crippen molar-refractivity contribution in [3.63, 3.8) is 0 Å². The molecule has 0 atom stereocenters. The normalized spacial score (nSPS) is 10.4. The minimum absolute atomic E-state index is 0.125. The van der Waals surface area contributed by atoms with Crippen LogP contribution in [0, 0.1) is 11.3 Å². The van der Waals surface area contributed by atoms with Crippen molar-refractivity contribution in [2.24, 2.45) is 7.05 Å². The Labute approximate surface area is 131 Å². The number of thiophene rings is 1. The van der Waals surface area contributed by atoms with Gasteiger partial charge in [-0.1, -0.05) is 24.3 Å². The van der Waals surface area contributed by atoms with Crippen LogP contribution in [-0.2, 0) is 7.05 Å². The standard InChI is InChI=1S/C17H12N2O2S/c1-19-9-14(8-18)15(16(19)17(20)21)12-4-2-11(3-5-12)13-6-7-22-10-13/h2-7,9-10H,1H3,(H,20,21). The molecule has 0 amide bonds. The molecule has 3 rings (SSSR count). The molecule has 0 aliphatic carbocycles. The molecule has 0 saturated heterocycles. The van der Waals surface area contributed by atoms with Crippen LogP contribution in [0.15, 0.2) is 47.3 Å². The summed E-state index contributed by atoms with van der Waals surface area (Å²) in [5.41, 5.74) is 3.88. The molecule has 0 radical (unpaired) electrons. The number of hydrogen-bond donors (Lipinski definition) is 1. The van der Waals surface area contributed by atoms with Crippen molar-refractivity contribution >= 4 is 17.3 Å². The van der Waals surface area contributed by atoms with Crippen molar-refractivity contribution in [1.29, 1.82) is 5.26 Å². The van der Waals surface area contributed by atoms with Crippen LogP contribution in [0.2, 0.25) is 0 Å². The molecule has 0 aliphatic heterocycles. The molecule has 0 aliphatic rings. The lowest BCUT2D eigenvalue weighted by Crippen LogP contribution is -2.05. The summed E-state index contributed by atoms with van der Waals surface area (Å²) in [5.74, 6) is -1.04. The Morgan fingerprint density at radius 1 is 1.18 bits per heavy atom. The van der Waals surface area contributed by atoms with E-state index in [-0.39, 0.29) is 5.69 Å². The molecule has 0 spiro atoms. The Morgan fingerprint density at radius 3 is 2.41 bits per heavy atom. The number of aryl methyl sites for hydroxylation is 1. The maximum Gasteiger partial charge on any atom is 0.353 e. The zero-order chi connectivity index (χ0) is 15.7. The fraction of sp³-hybridized carbons (Fsp3) is 0.0588. The molecule has 0 saturated carbocycles. The first-order valence-electron chi connectivity index (χ1n) is 6.57. The molecular formula is C17H12N2O2S. The van der Waals surface area contributed by atoms with Crippen molar-refractivity contribution in [3.05, 3.63) is 58.5 Å². The fourth-order valence-corrected chi connectivity index (χ4v) is 3.18. The van der Waals surface area contributed by atoms with Gasteiger partial charge in [0.2, 0.25) is 0 Å². The van der Waals surface area contributed by atoms with Crippen molar-refractivity contribution in [1.82, 2.24) is 4.57 Å². The van der Waals surface area contributed by atoms with Crippen molar-refractivity contribution in [2.45, 2.75) is 0 Å². The van der Waals surface area contributed by atoms with Gasteiger partial charge in [0.05, 0.1) is 5.56 Å². The zero-order valence-electron chi connectivity index (χ0n) is 11.8. The van der Waals surface area contributed by atoms with Crippen molar-refractivity contribution in [3.8, 4) is 28.3 Å². The smallest absolute Gasteiger partial charge is 0.353 e. The number of carbonyl (C=O) groups is 1. The quantitative estimate of drug-likeness (QED) is 0.795. The first-order chi connectivity index (χ1) is 10.6. The van der Waals surface area contributed by atoms with Gasteiger partial charge in [-0.05, 0) is 33.5 Å². The van der Waals surface area contributed by atoms with Gasteiger partial charge in [-0.2, -0.15) is 16.6 Å². The minimum Gasteiger partial charge on any atom is -0.477 e. The lowest BCUT2D eigenvalue weighted by atomic mass is 9.99. The Morgan fingerprint density at radius 2 is 1.86 bits per heavy atom. The van der Waals surface area contributed by atoms with Gasteiger partial charge in [-0.25, -0.2) is 4.79 Å². The summed E-state index contributed by atoms with van der Waals surface area (Å²) < 4.78 is 1.48. The average Bonchev–Trinajstić information content (AvgIpc) is 3.14. The lowest BCUT2D eigenvalue weighted by Gasteiger charge is -2.05. The highest BCUT2D eigenvalue weighted by molar-refractivity contribution is 7.08. The highest BCUT2D eigenvalue weighted by atomic mass is 32.1. The van der Waals surface area contributed by atoms with E-state index >= 15 is 0 Å². The van der Waals surface area contributed by atoms with Gasteiger partial charge in [-0.3, -0.25) is 0 Å². The van der Waals surface area contributed by atoms with Crippen LogP contribution in [0.5, 0.6) is 0 Å². The summed E-state index contributed by atoms with van der Waals surface area (Å²) in [7, 11) is 1.63. The third-order valence-corrected chi connectivity index (χ3v) is 4.22. The summed E-state index contributed by atoms with van der Waals surface area (Å²) in [6, 6.07) is 11.7. The highest BCUT2D eigenvalue weighted by Gasteiger charge is 2.21. The van der Waals surface area contributed by atoms with E-state index in [1.807, 2.05) is 35.7 Å². The predicted molar refractivity (Wildman–Crippen MR) is 85.8 cm³/mol. The second kappa shape index (κ2) is 5.51. The van der Waals surface area contributed by atoms with Gasteiger partial charge in [0.25, 0.3) is 0 Å². The second-order valence-electron chi connectivity index (χ2n) is 4.88. The Balaban J connectivity index is 2.12. The van der Waals surface area contributed by atoms with E-state index in [1.54, 1.807) is 24.6 Å². The zero-order valence-corrected chi connectivity index (χ0v) is 12.6. The number of aromatic nitrogens is 1. The summed E-state index contributed by atoms with van der Waals surface area (Å²) in [6.07, 6.45) is 1.55. The number of aromatic carboxylic acids is 1.